The largest absolute Gasteiger partial charge is 0.478 e. The first-order chi connectivity index (χ1) is 9.99. The van der Waals surface area contributed by atoms with Gasteiger partial charge in [0.15, 0.2) is 0 Å². The number of hydrogen-bond donors (Lipinski definition) is 2. The van der Waals surface area contributed by atoms with Crippen LogP contribution in [0.4, 0.5) is 10.5 Å². The van der Waals surface area contributed by atoms with E-state index in [9.17, 15) is 9.59 Å². The van der Waals surface area contributed by atoms with Gasteiger partial charge in [-0.15, -0.1) is 0 Å². The van der Waals surface area contributed by atoms with Gasteiger partial charge in [-0.2, -0.15) is 0 Å². The molecule has 0 spiro atoms. The van der Waals surface area contributed by atoms with Gasteiger partial charge in [-0.1, -0.05) is 11.6 Å². The fourth-order valence-electron chi connectivity index (χ4n) is 2.22. The van der Waals surface area contributed by atoms with E-state index in [2.05, 4.69) is 5.32 Å². The van der Waals surface area contributed by atoms with E-state index in [1.807, 2.05) is 0 Å². The van der Waals surface area contributed by atoms with Crippen LogP contribution in [0.5, 0.6) is 0 Å². The number of carbonyl (C=O) groups is 2. The van der Waals surface area contributed by atoms with Crippen LogP contribution in [0, 0.1) is 0 Å². The number of nitrogens with zero attached hydrogens (tertiary/aromatic N) is 1. The first kappa shape index (κ1) is 15.6. The Labute approximate surface area is 127 Å². The minimum atomic E-state index is -1.13. The molecule has 1 fully saturated rings. The number of nitrogens with one attached hydrogen (secondary N) is 1. The summed E-state index contributed by atoms with van der Waals surface area (Å²) in [5.74, 6) is -1.13. The van der Waals surface area contributed by atoms with E-state index < -0.39 is 5.97 Å². The fraction of sp³-hybridized carbons (Fsp3) is 0.429. The van der Waals surface area contributed by atoms with Crippen molar-refractivity contribution in [2.24, 2.45) is 0 Å². The number of aromatic carboxylic acids is 1. The minimum Gasteiger partial charge on any atom is -0.478 e. The lowest BCUT2D eigenvalue weighted by Gasteiger charge is -2.31. The van der Waals surface area contributed by atoms with Gasteiger partial charge in [-0.25, -0.2) is 9.59 Å². The molecule has 1 aliphatic rings. The van der Waals surface area contributed by atoms with Crippen LogP contribution in [0.2, 0.25) is 5.02 Å². The maximum Gasteiger partial charge on any atom is 0.337 e. The molecule has 0 saturated carbocycles. The molecular weight excluding hydrogens is 296 g/mol. The van der Waals surface area contributed by atoms with Crippen LogP contribution >= 0.6 is 11.6 Å². The van der Waals surface area contributed by atoms with Gasteiger partial charge >= 0.3 is 12.0 Å². The molecule has 1 heterocycles. The molecule has 1 aromatic rings. The number of carboxylic acids is 1. The second-order valence-electron chi connectivity index (χ2n) is 4.88. The van der Waals surface area contributed by atoms with Crippen LogP contribution in [0.15, 0.2) is 18.2 Å². The Morgan fingerprint density at radius 3 is 2.67 bits per heavy atom. The summed E-state index contributed by atoms with van der Waals surface area (Å²) in [6.07, 6.45) is 1.59. The van der Waals surface area contributed by atoms with Crippen LogP contribution < -0.4 is 5.32 Å². The van der Waals surface area contributed by atoms with E-state index in [1.165, 1.54) is 12.1 Å². The van der Waals surface area contributed by atoms with Gasteiger partial charge in [0.25, 0.3) is 0 Å². The predicted molar refractivity (Wildman–Crippen MR) is 79.0 cm³/mol. The molecule has 1 aliphatic heterocycles. The second kappa shape index (κ2) is 6.78. The van der Waals surface area contributed by atoms with Crippen LogP contribution in [0.25, 0.3) is 0 Å². The number of amides is 2. The Morgan fingerprint density at radius 1 is 1.38 bits per heavy atom. The van der Waals surface area contributed by atoms with Gasteiger partial charge < -0.3 is 20.1 Å². The van der Waals surface area contributed by atoms with Crippen molar-refractivity contribution >= 4 is 29.3 Å². The third-order valence-corrected chi connectivity index (χ3v) is 3.84. The van der Waals surface area contributed by atoms with Crippen molar-refractivity contribution in [1.82, 2.24) is 4.90 Å². The number of urea groups is 1. The summed E-state index contributed by atoms with van der Waals surface area (Å²) >= 11 is 5.79. The van der Waals surface area contributed by atoms with Crippen LogP contribution in [0.3, 0.4) is 0 Å². The van der Waals surface area contributed by atoms with Crippen LogP contribution in [-0.2, 0) is 4.74 Å². The monoisotopic (exact) mass is 312 g/mol. The van der Waals surface area contributed by atoms with Gasteiger partial charge in [0.05, 0.1) is 10.6 Å². The summed E-state index contributed by atoms with van der Waals surface area (Å²) < 4.78 is 5.26. The molecule has 0 bridgehead atoms. The molecule has 1 aromatic carbocycles. The molecule has 0 aliphatic carbocycles. The molecule has 1 saturated heterocycles. The van der Waals surface area contributed by atoms with Crippen molar-refractivity contribution in [3.8, 4) is 0 Å². The summed E-state index contributed by atoms with van der Waals surface area (Å²) in [4.78, 5) is 24.8. The second-order valence-corrected chi connectivity index (χ2v) is 5.29. The summed E-state index contributed by atoms with van der Waals surface area (Å²) in [7, 11) is 1.72. The van der Waals surface area contributed by atoms with Crippen molar-refractivity contribution in [3.05, 3.63) is 28.8 Å². The van der Waals surface area contributed by atoms with E-state index in [1.54, 1.807) is 18.0 Å². The van der Waals surface area contributed by atoms with Gasteiger partial charge in [0, 0.05) is 32.0 Å². The van der Waals surface area contributed by atoms with Crippen molar-refractivity contribution in [1.29, 1.82) is 0 Å². The van der Waals surface area contributed by atoms with Gasteiger partial charge in [-0.05, 0) is 31.0 Å². The van der Waals surface area contributed by atoms with Crippen molar-refractivity contribution in [3.63, 3.8) is 0 Å². The highest BCUT2D eigenvalue weighted by Crippen LogP contribution is 2.21. The summed E-state index contributed by atoms with van der Waals surface area (Å²) in [6, 6.07) is 4.23. The predicted octanol–water partition coefficient (Wildman–Crippen LogP) is 2.68. The SMILES string of the molecule is CN(C(=O)Nc1ccc(Cl)c(C(=O)O)c1)C1CCOCC1. The zero-order chi connectivity index (χ0) is 15.4. The number of hydrogen-bond acceptors (Lipinski definition) is 3. The molecular formula is C14H17ClN2O4. The molecule has 0 aromatic heterocycles. The van der Waals surface area contributed by atoms with E-state index in [-0.39, 0.29) is 22.7 Å². The Hall–Kier alpha value is -1.79. The standard InChI is InChI=1S/C14H17ClN2O4/c1-17(10-4-6-21-7-5-10)14(20)16-9-2-3-12(15)11(8-9)13(18)19/h2-3,8,10H,4-7H2,1H3,(H,16,20)(H,18,19). The zero-order valence-corrected chi connectivity index (χ0v) is 12.4. The van der Waals surface area contributed by atoms with E-state index in [0.29, 0.717) is 18.9 Å². The zero-order valence-electron chi connectivity index (χ0n) is 11.6. The third-order valence-electron chi connectivity index (χ3n) is 3.51. The molecule has 6 nitrogen and oxygen atoms in total. The molecule has 2 amide bonds. The molecule has 0 radical (unpaired) electrons. The number of anilines is 1. The smallest absolute Gasteiger partial charge is 0.337 e. The van der Waals surface area contributed by atoms with Gasteiger partial charge in [-0.3, -0.25) is 0 Å². The summed E-state index contributed by atoms with van der Waals surface area (Å²) in [6.45, 7) is 1.29. The third kappa shape index (κ3) is 3.86. The normalized spacial score (nSPS) is 15.5. The van der Waals surface area contributed by atoms with E-state index >= 15 is 0 Å². The number of benzene rings is 1. The number of halogens is 1. The molecule has 21 heavy (non-hydrogen) atoms. The van der Waals surface area contributed by atoms with Crippen molar-refractivity contribution in [2.75, 3.05) is 25.6 Å². The average Bonchev–Trinajstić information content (AvgIpc) is 2.49. The maximum absolute atomic E-state index is 12.2. The molecule has 0 unspecified atom stereocenters. The van der Waals surface area contributed by atoms with Crippen LogP contribution in [-0.4, -0.2) is 48.3 Å². The molecule has 7 heteroatoms. The van der Waals surface area contributed by atoms with Crippen LogP contribution in [0.1, 0.15) is 23.2 Å². The fourth-order valence-corrected chi connectivity index (χ4v) is 2.42. The lowest BCUT2D eigenvalue weighted by atomic mass is 10.1. The average molecular weight is 313 g/mol. The lowest BCUT2D eigenvalue weighted by Crippen LogP contribution is -2.42. The van der Waals surface area contributed by atoms with E-state index in [4.69, 9.17) is 21.4 Å². The lowest BCUT2D eigenvalue weighted by molar-refractivity contribution is 0.0544. The van der Waals surface area contributed by atoms with Gasteiger partial charge in [0.1, 0.15) is 0 Å². The molecule has 114 valence electrons. The quantitative estimate of drug-likeness (QED) is 0.899. The molecule has 2 rings (SSSR count). The van der Waals surface area contributed by atoms with Crippen molar-refractivity contribution < 1.29 is 19.4 Å². The number of rotatable bonds is 3. The number of carbonyl (C=O) groups excluding carboxylic acids is 1. The first-order valence-corrected chi connectivity index (χ1v) is 7.01. The Morgan fingerprint density at radius 2 is 2.05 bits per heavy atom. The highest BCUT2D eigenvalue weighted by atomic mass is 35.5. The Kier molecular flexibility index (Phi) is 5.03. The topological polar surface area (TPSA) is 78.9 Å². The maximum atomic E-state index is 12.2. The number of carboxylic acid groups (broad SMARTS) is 1. The Bertz CT molecular complexity index is 544. The van der Waals surface area contributed by atoms with Crippen molar-refractivity contribution in [2.45, 2.75) is 18.9 Å². The highest BCUT2D eigenvalue weighted by molar-refractivity contribution is 6.33. The number of ether oxygens (including phenoxy) is 1. The minimum absolute atomic E-state index is 0.0387. The first-order valence-electron chi connectivity index (χ1n) is 6.63. The summed E-state index contributed by atoms with van der Waals surface area (Å²) in [5, 5.41) is 11.8. The van der Waals surface area contributed by atoms with Gasteiger partial charge in [0.2, 0.25) is 0 Å². The summed E-state index contributed by atoms with van der Waals surface area (Å²) in [5.41, 5.74) is 0.365. The molecule has 2 N–H and O–H groups in total. The van der Waals surface area contributed by atoms with E-state index in [0.717, 1.165) is 12.8 Å². The molecule has 0 atom stereocenters. The Balaban J connectivity index is 2.05. The highest BCUT2D eigenvalue weighted by Gasteiger charge is 2.22.